The zero-order chi connectivity index (χ0) is 19.3. The summed E-state index contributed by atoms with van der Waals surface area (Å²) in [7, 11) is 0. The van der Waals surface area contributed by atoms with Crippen molar-refractivity contribution in [1.29, 1.82) is 0 Å². The van der Waals surface area contributed by atoms with E-state index in [2.05, 4.69) is 31.4 Å². The van der Waals surface area contributed by atoms with Gasteiger partial charge in [0.05, 0.1) is 10.9 Å². The molecule has 2 aromatic rings. The number of nitrogens with zero attached hydrogens (tertiary/aromatic N) is 1. The van der Waals surface area contributed by atoms with Gasteiger partial charge in [0.25, 0.3) is 0 Å². The summed E-state index contributed by atoms with van der Waals surface area (Å²) in [6.45, 7) is 7.10. The zero-order valence-electron chi connectivity index (χ0n) is 15.5. The number of hydrogen-bond acceptors (Lipinski definition) is 4. The van der Waals surface area contributed by atoms with Crippen molar-refractivity contribution in [1.82, 2.24) is 4.90 Å². The lowest BCUT2D eigenvalue weighted by Crippen LogP contribution is -2.37. The normalized spacial score (nSPS) is 13.8. The molecule has 2 aromatic carbocycles. The first-order valence-corrected chi connectivity index (χ1v) is 9.37. The first-order valence-electron chi connectivity index (χ1n) is 8.86. The number of hydrogen-bond donors (Lipinski definition) is 3. The van der Waals surface area contributed by atoms with E-state index in [9.17, 15) is 15.0 Å². The minimum absolute atomic E-state index is 0.0937. The van der Waals surface area contributed by atoms with E-state index in [1.165, 1.54) is 12.1 Å². The quantitative estimate of drug-likeness (QED) is 0.467. The van der Waals surface area contributed by atoms with Crippen molar-refractivity contribution < 1.29 is 15.0 Å². The van der Waals surface area contributed by atoms with Gasteiger partial charge in [0.15, 0.2) is 0 Å². The lowest BCUT2D eigenvalue weighted by atomic mass is 9.86. The maximum Gasteiger partial charge on any atom is 0.335 e. The summed E-state index contributed by atoms with van der Waals surface area (Å²) in [5.74, 6) is -0.964. The molecule has 0 spiro atoms. The Morgan fingerprint density at radius 2 is 1.77 bits per heavy atom. The molecule has 0 amide bonds. The molecule has 0 bridgehead atoms. The van der Waals surface area contributed by atoms with Gasteiger partial charge in [0.2, 0.25) is 0 Å². The number of carboxylic acids is 1. The van der Waals surface area contributed by atoms with Crippen molar-refractivity contribution in [3.63, 3.8) is 0 Å². The van der Waals surface area contributed by atoms with Crippen molar-refractivity contribution in [2.24, 2.45) is 0 Å². The van der Waals surface area contributed by atoms with E-state index < -0.39 is 5.97 Å². The highest BCUT2D eigenvalue weighted by Crippen LogP contribution is 2.35. The van der Waals surface area contributed by atoms with Crippen molar-refractivity contribution in [3.05, 3.63) is 65.2 Å². The molecule has 0 heterocycles. The van der Waals surface area contributed by atoms with Crippen LogP contribution in [0.25, 0.3) is 0 Å². The van der Waals surface area contributed by atoms with Crippen LogP contribution in [0.4, 0.5) is 0 Å². The number of phenols is 1. The van der Waals surface area contributed by atoms with Crippen LogP contribution in [0.3, 0.4) is 0 Å². The lowest BCUT2D eigenvalue weighted by Gasteiger charge is -2.31. The van der Waals surface area contributed by atoms with Gasteiger partial charge < -0.3 is 10.2 Å². The molecule has 2 N–H and O–H groups in total. The maximum atomic E-state index is 11.4. The van der Waals surface area contributed by atoms with Gasteiger partial charge in [-0.3, -0.25) is 4.90 Å². The van der Waals surface area contributed by atoms with Crippen LogP contribution in [-0.4, -0.2) is 39.0 Å². The zero-order valence-corrected chi connectivity index (χ0v) is 16.4. The topological polar surface area (TPSA) is 60.8 Å². The van der Waals surface area contributed by atoms with E-state index >= 15 is 0 Å². The van der Waals surface area contributed by atoms with Crippen molar-refractivity contribution in [2.75, 3.05) is 6.54 Å². The minimum Gasteiger partial charge on any atom is -0.508 e. The molecule has 140 valence electrons. The molecular formula is C21H27NO3S. The molecule has 2 atom stereocenters. The average molecular weight is 374 g/mol. The SMILES string of the molecule is CC(C)N(CCC(c1ccccc1)c1cc(C(=O)O)ccc1O)C(C)S. The Hall–Kier alpha value is -1.98. The molecule has 0 radical (unpaired) electrons. The second-order valence-corrected chi connectivity index (χ2v) is 7.54. The Morgan fingerprint density at radius 3 is 2.31 bits per heavy atom. The number of thiol groups is 1. The molecule has 0 aliphatic heterocycles. The maximum absolute atomic E-state index is 11.4. The highest BCUT2D eigenvalue weighted by atomic mass is 32.1. The number of phenolic OH excluding ortho intramolecular Hbond substituents is 1. The molecule has 2 rings (SSSR count). The van der Waals surface area contributed by atoms with Gasteiger partial charge in [-0.05, 0) is 51.0 Å². The molecule has 0 aliphatic rings. The van der Waals surface area contributed by atoms with Crippen molar-refractivity contribution >= 4 is 18.6 Å². The molecular weight excluding hydrogens is 346 g/mol. The van der Waals surface area contributed by atoms with Crippen molar-refractivity contribution in [3.8, 4) is 5.75 Å². The number of benzene rings is 2. The number of aromatic carboxylic acids is 1. The third kappa shape index (κ3) is 5.02. The van der Waals surface area contributed by atoms with Crippen LogP contribution in [0, 0.1) is 0 Å². The molecule has 0 fully saturated rings. The first-order chi connectivity index (χ1) is 12.3. The van der Waals surface area contributed by atoms with Gasteiger partial charge in [-0.25, -0.2) is 4.79 Å². The molecule has 0 saturated heterocycles. The number of rotatable bonds is 8. The van der Waals surface area contributed by atoms with E-state index in [4.69, 9.17) is 0 Å². The summed E-state index contributed by atoms with van der Waals surface area (Å²) >= 11 is 4.57. The monoisotopic (exact) mass is 373 g/mol. The number of aromatic hydroxyl groups is 1. The van der Waals surface area contributed by atoms with Crippen LogP contribution >= 0.6 is 12.6 Å². The van der Waals surface area contributed by atoms with Crippen LogP contribution in [0.15, 0.2) is 48.5 Å². The summed E-state index contributed by atoms with van der Waals surface area (Å²) < 4.78 is 0. The van der Waals surface area contributed by atoms with Crippen LogP contribution in [0.1, 0.15) is 54.6 Å². The summed E-state index contributed by atoms with van der Waals surface area (Å²) in [4.78, 5) is 13.6. The second-order valence-electron chi connectivity index (χ2n) is 6.79. The third-order valence-corrected chi connectivity index (χ3v) is 4.97. The molecule has 0 aromatic heterocycles. The Bertz CT molecular complexity index is 723. The fourth-order valence-corrected chi connectivity index (χ4v) is 3.69. The van der Waals surface area contributed by atoms with E-state index in [1.54, 1.807) is 6.07 Å². The first kappa shape index (κ1) is 20.3. The van der Waals surface area contributed by atoms with Crippen LogP contribution < -0.4 is 0 Å². The second kappa shape index (κ2) is 9.10. The molecule has 0 aliphatic carbocycles. The van der Waals surface area contributed by atoms with E-state index in [0.29, 0.717) is 11.6 Å². The molecule has 5 heteroatoms. The Kier molecular flexibility index (Phi) is 7.12. The highest BCUT2D eigenvalue weighted by molar-refractivity contribution is 7.80. The van der Waals surface area contributed by atoms with Crippen molar-refractivity contribution in [2.45, 2.75) is 44.5 Å². The lowest BCUT2D eigenvalue weighted by molar-refractivity contribution is 0.0696. The van der Waals surface area contributed by atoms with Crippen LogP contribution in [0.2, 0.25) is 0 Å². The van der Waals surface area contributed by atoms with Crippen LogP contribution in [0.5, 0.6) is 5.75 Å². The average Bonchev–Trinajstić information content (AvgIpc) is 2.59. The molecule has 4 nitrogen and oxygen atoms in total. The number of carboxylic acid groups (broad SMARTS) is 1. The highest BCUT2D eigenvalue weighted by Gasteiger charge is 2.22. The predicted molar refractivity (Wildman–Crippen MR) is 108 cm³/mol. The smallest absolute Gasteiger partial charge is 0.335 e. The van der Waals surface area contributed by atoms with Gasteiger partial charge in [-0.15, -0.1) is 0 Å². The predicted octanol–water partition coefficient (Wildman–Crippen LogP) is 4.60. The fourth-order valence-electron chi connectivity index (χ4n) is 3.31. The van der Waals surface area contributed by atoms with Crippen LogP contribution in [-0.2, 0) is 0 Å². The number of carbonyl (C=O) groups is 1. The Labute approximate surface area is 160 Å². The third-order valence-electron chi connectivity index (χ3n) is 4.67. The molecule has 2 unspecified atom stereocenters. The summed E-state index contributed by atoms with van der Waals surface area (Å²) in [6, 6.07) is 14.7. The Morgan fingerprint density at radius 1 is 1.12 bits per heavy atom. The standard InChI is InChI=1S/C21H27NO3S/c1-14(2)22(15(3)26)12-11-18(16-7-5-4-6-8-16)19-13-17(21(24)25)9-10-20(19)23/h4-10,13-15,18,23,26H,11-12H2,1-3H3,(H,24,25). The van der Waals surface area contributed by atoms with E-state index in [0.717, 1.165) is 18.5 Å². The Balaban J connectivity index is 2.40. The minimum atomic E-state index is -0.995. The summed E-state index contributed by atoms with van der Waals surface area (Å²) in [5.41, 5.74) is 1.88. The van der Waals surface area contributed by atoms with E-state index in [-0.39, 0.29) is 22.6 Å². The molecule has 26 heavy (non-hydrogen) atoms. The fraction of sp³-hybridized carbons (Fsp3) is 0.381. The van der Waals surface area contributed by atoms with Gasteiger partial charge >= 0.3 is 5.97 Å². The summed E-state index contributed by atoms with van der Waals surface area (Å²) in [5, 5.41) is 19.8. The summed E-state index contributed by atoms with van der Waals surface area (Å²) in [6.07, 6.45) is 0.754. The molecule has 0 saturated carbocycles. The van der Waals surface area contributed by atoms with E-state index in [1.807, 2.05) is 37.3 Å². The largest absolute Gasteiger partial charge is 0.508 e. The van der Waals surface area contributed by atoms with Gasteiger partial charge in [-0.2, -0.15) is 12.6 Å². The van der Waals surface area contributed by atoms with Gasteiger partial charge in [-0.1, -0.05) is 30.3 Å². The van der Waals surface area contributed by atoms with Gasteiger partial charge in [0.1, 0.15) is 5.75 Å². The van der Waals surface area contributed by atoms with Gasteiger partial charge in [0, 0.05) is 24.1 Å².